The molecule has 104 valence electrons. The molecule has 0 spiro atoms. The van der Waals surface area contributed by atoms with Crippen LogP contribution in [0, 0.1) is 11.7 Å². The molecule has 1 fully saturated rings. The van der Waals surface area contributed by atoms with Crippen molar-refractivity contribution in [2.75, 3.05) is 18.8 Å². The van der Waals surface area contributed by atoms with Crippen molar-refractivity contribution in [3.05, 3.63) is 29.6 Å². The fourth-order valence-corrected chi connectivity index (χ4v) is 2.57. The van der Waals surface area contributed by atoms with Crippen molar-refractivity contribution in [1.29, 1.82) is 0 Å². The van der Waals surface area contributed by atoms with Crippen molar-refractivity contribution in [3.63, 3.8) is 0 Å². The van der Waals surface area contributed by atoms with Gasteiger partial charge < -0.3 is 11.5 Å². The average molecular weight is 265 g/mol. The fourth-order valence-electron chi connectivity index (χ4n) is 2.57. The number of halogens is 1. The minimum absolute atomic E-state index is 0.233. The molecule has 1 aliphatic rings. The zero-order valence-electron chi connectivity index (χ0n) is 10.9. The van der Waals surface area contributed by atoms with Crippen molar-refractivity contribution in [1.82, 2.24) is 4.90 Å². The number of benzene rings is 1. The predicted molar refractivity (Wildman–Crippen MR) is 72.6 cm³/mol. The first-order valence-corrected chi connectivity index (χ1v) is 6.59. The summed E-state index contributed by atoms with van der Waals surface area (Å²) in [5.74, 6) is -0.104. The number of rotatable bonds is 4. The molecule has 4 N–H and O–H groups in total. The zero-order chi connectivity index (χ0) is 13.8. The highest BCUT2D eigenvalue weighted by atomic mass is 19.1. The molecule has 0 radical (unpaired) electrons. The monoisotopic (exact) mass is 265 g/mol. The number of nitrogen functional groups attached to an aromatic ring is 1. The summed E-state index contributed by atoms with van der Waals surface area (Å²) in [6.07, 6.45) is 2.35. The molecule has 4 nitrogen and oxygen atoms in total. The Labute approximate surface area is 112 Å². The maximum absolute atomic E-state index is 13.7. The Morgan fingerprint density at radius 3 is 2.63 bits per heavy atom. The van der Waals surface area contributed by atoms with Gasteiger partial charge in [-0.3, -0.25) is 9.69 Å². The molecule has 5 heteroatoms. The van der Waals surface area contributed by atoms with Crippen LogP contribution in [0.25, 0.3) is 0 Å². The highest BCUT2D eigenvalue weighted by Gasteiger charge is 2.21. The molecular weight excluding hydrogens is 245 g/mol. The first-order valence-electron chi connectivity index (χ1n) is 6.59. The van der Waals surface area contributed by atoms with E-state index < -0.39 is 0 Å². The number of likely N-dealkylation sites (tertiary alicyclic amines) is 1. The number of amides is 1. The van der Waals surface area contributed by atoms with E-state index in [1.54, 1.807) is 12.1 Å². The van der Waals surface area contributed by atoms with Crippen LogP contribution < -0.4 is 11.5 Å². The molecule has 0 bridgehead atoms. The molecule has 1 aliphatic heterocycles. The summed E-state index contributed by atoms with van der Waals surface area (Å²) in [5.41, 5.74) is 11.8. The summed E-state index contributed by atoms with van der Waals surface area (Å²) in [7, 11) is 0. The number of anilines is 1. The lowest BCUT2D eigenvalue weighted by atomic mass is 9.93. The van der Waals surface area contributed by atoms with E-state index in [0.29, 0.717) is 30.1 Å². The van der Waals surface area contributed by atoms with E-state index in [4.69, 9.17) is 11.5 Å². The van der Waals surface area contributed by atoms with Crippen LogP contribution in [0.15, 0.2) is 18.2 Å². The van der Waals surface area contributed by atoms with E-state index in [9.17, 15) is 9.18 Å². The Balaban J connectivity index is 1.87. The van der Waals surface area contributed by atoms with Crippen LogP contribution >= 0.6 is 0 Å². The van der Waals surface area contributed by atoms with Gasteiger partial charge in [-0.25, -0.2) is 4.39 Å². The van der Waals surface area contributed by atoms with Gasteiger partial charge in [-0.05, 0) is 44.0 Å². The van der Waals surface area contributed by atoms with Crippen molar-refractivity contribution < 1.29 is 9.18 Å². The zero-order valence-corrected chi connectivity index (χ0v) is 10.9. The third-order valence-electron chi connectivity index (χ3n) is 3.67. The van der Waals surface area contributed by atoms with E-state index in [1.807, 2.05) is 0 Å². The normalized spacial score (nSPS) is 17.5. The summed E-state index contributed by atoms with van der Waals surface area (Å²) in [5, 5.41) is 0. The van der Waals surface area contributed by atoms with Crippen molar-refractivity contribution >= 4 is 11.6 Å². The molecule has 2 rings (SSSR count). The Bertz CT molecular complexity index is 456. The van der Waals surface area contributed by atoms with E-state index >= 15 is 0 Å². The number of hydrogen-bond donors (Lipinski definition) is 2. The third-order valence-corrected chi connectivity index (χ3v) is 3.67. The smallest absolute Gasteiger partial charge is 0.217 e. The third kappa shape index (κ3) is 3.92. The van der Waals surface area contributed by atoms with Crippen LogP contribution in [0.2, 0.25) is 0 Å². The Hall–Kier alpha value is -1.62. The lowest BCUT2D eigenvalue weighted by molar-refractivity contribution is -0.119. The van der Waals surface area contributed by atoms with Gasteiger partial charge in [0.1, 0.15) is 5.82 Å². The second kappa shape index (κ2) is 6.02. The number of nitrogens with two attached hydrogens (primary N) is 2. The van der Waals surface area contributed by atoms with Gasteiger partial charge in [-0.15, -0.1) is 0 Å². The molecule has 19 heavy (non-hydrogen) atoms. The average Bonchev–Trinajstić information content (AvgIpc) is 2.34. The predicted octanol–water partition coefficient (Wildman–Crippen LogP) is 1.50. The second-order valence-corrected chi connectivity index (χ2v) is 5.24. The van der Waals surface area contributed by atoms with Crippen molar-refractivity contribution in [2.24, 2.45) is 11.7 Å². The molecule has 1 amide bonds. The minimum Gasteiger partial charge on any atom is -0.399 e. The van der Waals surface area contributed by atoms with Crippen LogP contribution in [0.1, 0.15) is 24.8 Å². The molecule has 0 saturated carbocycles. The van der Waals surface area contributed by atoms with Gasteiger partial charge in [0, 0.05) is 24.2 Å². The Morgan fingerprint density at radius 1 is 1.37 bits per heavy atom. The second-order valence-electron chi connectivity index (χ2n) is 5.24. The van der Waals surface area contributed by atoms with Crippen LogP contribution in [0.4, 0.5) is 10.1 Å². The molecule has 0 aliphatic carbocycles. The molecule has 1 heterocycles. The van der Waals surface area contributed by atoms with Crippen molar-refractivity contribution in [2.45, 2.75) is 25.8 Å². The number of piperidine rings is 1. The summed E-state index contributed by atoms with van der Waals surface area (Å²) >= 11 is 0. The number of carbonyl (C=O) groups excluding carboxylic acids is 1. The van der Waals surface area contributed by atoms with Crippen LogP contribution in [0.5, 0.6) is 0 Å². The summed E-state index contributed by atoms with van der Waals surface area (Å²) < 4.78 is 13.7. The topological polar surface area (TPSA) is 72.4 Å². The van der Waals surface area contributed by atoms with E-state index in [0.717, 1.165) is 25.9 Å². The molecule has 1 saturated heterocycles. The summed E-state index contributed by atoms with van der Waals surface area (Å²) in [6, 6.07) is 4.81. The first-order chi connectivity index (χ1) is 9.04. The Morgan fingerprint density at radius 2 is 2.05 bits per heavy atom. The molecule has 0 aromatic heterocycles. The van der Waals surface area contributed by atoms with Crippen molar-refractivity contribution in [3.8, 4) is 0 Å². The van der Waals surface area contributed by atoms with Crippen LogP contribution in [0.3, 0.4) is 0 Å². The van der Waals surface area contributed by atoms with E-state index in [1.165, 1.54) is 6.07 Å². The van der Waals surface area contributed by atoms with Gasteiger partial charge in [0.05, 0.1) is 0 Å². The highest BCUT2D eigenvalue weighted by Crippen LogP contribution is 2.22. The summed E-state index contributed by atoms with van der Waals surface area (Å²) in [6.45, 7) is 2.35. The minimum atomic E-state index is -0.251. The number of nitrogens with zero attached hydrogens (tertiary/aromatic N) is 1. The quantitative estimate of drug-likeness (QED) is 0.810. The fraction of sp³-hybridized carbons (Fsp3) is 0.500. The van der Waals surface area contributed by atoms with Gasteiger partial charge in [0.25, 0.3) is 0 Å². The van der Waals surface area contributed by atoms with E-state index in [2.05, 4.69) is 4.90 Å². The highest BCUT2D eigenvalue weighted by molar-refractivity contribution is 5.73. The van der Waals surface area contributed by atoms with Gasteiger partial charge in [-0.1, -0.05) is 6.07 Å². The molecule has 1 aromatic carbocycles. The summed E-state index contributed by atoms with van der Waals surface area (Å²) in [4.78, 5) is 13.1. The Kier molecular flexibility index (Phi) is 4.37. The standard InChI is InChI=1S/C14H20FN3O/c15-13-8-12(16)2-1-11(13)9-18-5-3-10(4-6-18)7-14(17)19/h1-2,8,10H,3-7,9,16H2,(H2,17,19). The van der Waals surface area contributed by atoms with Gasteiger partial charge in [0.15, 0.2) is 0 Å². The van der Waals surface area contributed by atoms with Gasteiger partial charge >= 0.3 is 0 Å². The molecule has 0 unspecified atom stereocenters. The lowest BCUT2D eigenvalue weighted by Gasteiger charge is -2.31. The number of primary amides is 1. The first kappa shape index (κ1) is 13.8. The molecular formula is C14H20FN3O. The largest absolute Gasteiger partial charge is 0.399 e. The molecule has 1 aromatic rings. The number of hydrogen-bond acceptors (Lipinski definition) is 3. The maximum atomic E-state index is 13.7. The van der Waals surface area contributed by atoms with Gasteiger partial charge in [0.2, 0.25) is 5.91 Å². The SMILES string of the molecule is NC(=O)CC1CCN(Cc2ccc(N)cc2F)CC1. The number of carbonyl (C=O) groups is 1. The van der Waals surface area contributed by atoms with Crippen LogP contribution in [-0.4, -0.2) is 23.9 Å². The maximum Gasteiger partial charge on any atom is 0.217 e. The van der Waals surface area contributed by atoms with Gasteiger partial charge in [-0.2, -0.15) is 0 Å². The molecule has 0 atom stereocenters. The lowest BCUT2D eigenvalue weighted by Crippen LogP contribution is -2.34. The van der Waals surface area contributed by atoms with E-state index in [-0.39, 0.29) is 11.7 Å². The van der Waals surface area contributed by atoms with Crippen LogP contribution in [-0.2, 0) is 11.3 Å².